The van der Waals surface area contributed by atoms with E-state index in [4.69, 9.17) is 0 Å². The van der Waals surface area contributed by atoms with E-state index in [-0.39, 0.29) is 16.5 Å². The van der Waals surface area contributed by atoms with Crippen LogP contribution in [0.3, 0.4) is 0 Å². The van der Waals surface area contributed by atoms with E-state index >= 15 is 0 Å². The lowest BCUT2D eigenvalue weighted by atomic mass is 9.96. The number of Topliss-reactive ketones (excluding diaryl/α,β-unsaturated/α-hetero) is 1. The maximum atomic E-state index is 13.7. The normalized spacial score (nSPS) is 18.1. The Kier molecular flexibility index (Phi) is 4.56. The number of halogens is 1. The molecule has 152 valence electrons. The van der Waals surface area contributed by atoms with Gasteiger partial charge >= 0.3 is 5.91 Å². The molecule has 5 rings (SSSR count). The number of hydrogen-bond acceptors (Lipinski definition) is 6. The van der Waals surface area contributed by atoms with Crippen LogP contribution < -0.4 is 4.90 Å². The van der Waals surface area contributed by atoms with Crippen LogP contribution in [0, 0.1) is 5.82 Å². The Labute approximate surface area is 179 Å². The molecule has 2 aromatic carbocycles. The van der Waals surface area contributed by atoms with Crippen molar-refractivity contribution in [3.05, 3.63) is 95.6 Å². The summed E-state index contributed by atoms with van der Waals surface area (Å²) in [5, 5.41) is 11.2. The van der Waals surface area contributed by atoms with E-state index in [9.17, 15) is 19.1 Å². The van der Waals surface area contributed by atoms with Crippen LogP contribution in [-0.2, 0) is 9.59 Å². The molecule has 31 heavy (non-hydrogen) atoms. The summed E-state index contributed by atoms with van der Waals surface area (Å²) in [5.41, 5.74) is 1.43. The summed E-state index contributed by atoms with van der Waals surface area (Å²) >= 11 is 1.10. The van der Waals surface area contributed by atoms with E-state index in [1.807, 2.05) is 0 Å². The Morgan fingerprint density at radius 1 is 1.06 bits per heavy atom. The summed E-state index contributed by atoms with van der Waals surface area (Å²) in [5.74, 6) is -2.33. The first-order chi connectivity index (χ1) is 15.0. The minimum atomic E-state index is -0.917. The smallest absolute Gasteiger partial charge is 0.301 e. The molecule has 0 radical (unpaired) electrons. The molecule has 1 N–H and O–H groups in total. The molecular formula is C23H14FN3O3S. The number of amides is 1. The molecule has 2 aromatic heterocycles. The summed E-state index contributed by atoms with van der Waals surface area (Å²) in [7, 11) is 0. The minimum absolute atomic E-state index is 0.0466. The van der Waals surface area contributed by atoms with Crippen molar-refractivity contribution in [3.63, 3.8) is 0 Å². The van der Waals surface area contributed by atoms with Crippen molar-refractivity contribution >= 4 is 44.1 Å². The minimum Gasteiger partial charge on any atom is -0.507 e. The highest BCUT2D eigenvalue weighted by molar-refractivity contribution is 7.22. The monoisotopic (exact) mass is 431 g/mol. The molecule has 1 fully saturated rings. The summed E-state index contributed by atoms with van der Waals surface area (Å²) in [6, 6.07) is 15.2. The number of benzene rings is 2. The average molecular weight is 431 g/mol. The largest absolute Gasteiger partial charge is 0.507 e. The molecule has 0 saturated carbocycles. The molecule has 0 spiro atoms. The first-order valence-corrected chi connectivity index (χ1v) is 10.2. The van der Waals surface area contributed by atoms with Gasteiger partial charge in [-0.25, -0.2) is 9.37 Å². The van der Waals surface area contributed by atoms with Crippen molar-refractivity contribution in [1.29, 1.82) is 0 Å². The number of rotatable bonds is 3. The topological polar surface area (TPSA) is 83.4 Å². The van der Waals surface area contributed by atoms with Gasteiger partial charge in [-0.15, -0.1) is 0 Å². The quantitative estimate of drug-likeness (QED) is 0.294. The van der Waals surface area contributed by atoms with E-state index in [0.717, 1.165) is 11.3 Å². The molecule has 1 unspecified atom stereocenters. The van der Waals surface area contributed by atoms with Gasteiger partial charge in [0.25, 0.3) is 5.78 Å². The zero-order chi connectivity index (χ0) is 21.5. The lowest BCUT2D eigenvalue weighted by Crippen LogP contribution is -2.29. The molecule has 3 heterocycles. The standard InChI is InChI=1S/C23H14FN3O3S/c24-15-8-9-16-17(11-15)31-23(26-16)27-19(14-7-4-10-25-12-14)18(21(29)22(27)30)20(28)13-5-2-1-3-6-13/h1-12,19,28H. The molecule has 1 saturated heterocycles. The van der Waals surface area contributed by atoms with Crippen LogP contribution in [0.25, 0.3) is 16.0 Å². The van der Waals surface area contributed by atoms with E-state index in [2.05, 4.69) is 9.97 Å². The number of thiazole rings is 1. The second kappa shape index (κ2) is 7.41. The van der Waals surface area contributed by atoms with Crippen LogP contribution >= 0.6 is 11.3 Å². The maximum absolute atomic E-state index is 13.7. The molecular weight excluding hydrogens is 417 g/mol. The molecule has 1 aliphatic heterocycles. The molecule has 0 aliphatic carbocycles. The number of fused-ring (bicyclic) bond motifs is 1. The lowest BCUT2D eigenvalue weighted by molar-refractivity contribution is -0.132. The number of aliphatic hydroxyl groups excluding tert-OH is 1. The number of ketones is 1. The summed E-state index contributed by atoms with van der Waals surface area (Å²) < 4.78 is 14.2. The average Bonchev–Trinajstić information content (AvgIpc) is 3.32. The number of aliphatic hydroxyl groups is 1. The molecule has 1 atom stereocenters. The van der Waals surface area contributed by atoms with Crippen molar-refractivity contribution < 1.29 is 19.1 Å². The Bertz CT molecular complexity index is 1350. The Morgan fingerprint density at radius 2 is 1.87 bits per heavy atom. The van der Waals surface area contributed by atoms with Gasteiger partial charge in [-0.3, -0.25) is 19.5 Å². The van der Waals surface area contributed by atoms with Gasteiger partial charge in [0, 0.05) is 18.0 Å². The Hall–Kier alpha value is -3.91. The third kappa shape index (κ3) is 3.17. The van der Waals surface area contributed by atoms with Crippen molar-refractivity contribution in [1.82, 2.24) is 9.97 Å². The number of nitrogens with zero attached hydrogens (tertiary/aromatic N) is 3. The molecule has 0 bridgehead atoms. The van der Waals surface area contributed by atoms with Gasteiger partial charge in [0.05, 0.1) is 21.8 Å². The SMILES string of the molecule is O=C1C(=O)N(c2nc3ccc(F)cc3s2)C(c2cccnc2)C1=C(O)c1ccccc1. The number of pyridine rings is 1. The van der Waals surface area contributed by atoms with Crippen molar-refractivity contribution in [2.24, 2.45) is 0 Å². The number of anilines is 1. The fourth-order valence-corrected chi connectivity index (χ4v) is 4.64. The fourth-order valence-electron chi connectivity index (χ4n) is 3.62. The second-order valence-corrected chi connectivity index (χ2v) is 7.94. The van der Waals surface area contributed by atoms with Crippen LogP contribution in [0.2, 0.25) is 0 Å². The molecule has 8 heteroatoms. The predicted octanol–water partition coefficient (Wildman–Crippen LogP) is 4.46. The third-order valence-electron chi connectivity index (χ3n) is 5.04. The van der Waals surface area contributed by atoms with Crippen molar-refractivity contribution in [2.75, 3.05) is 4.90 Å². The van der Waals surface area contributed by atoms with Gasteiger partial charge in [0.15, 0.2) is 5.13 Å². The third-order valence-corrected chi connectivity index (χ3v) is 6.05. The Balaban J connectivity index is 1.73. The Morgan fingerprint density at radius 3 is 2.61 bits per heavy atom. The molecule has 6 nitrogen and oxygen atoms in total. The van der Waals surface area contributed by atoms with Gasteiger partial charge in [-0.1, -0.05) is 47.7 Å². The second-order valence-electron chi connectivity index (χ2n) is 6.93. The summed E-state index contributed by atoms with van der Waals surface area (Å²) in [6.45, 7) is 0. The van der Waals surface area contributed by atoms with Gasteiger partial charge in [0.2, 0.25) is 0 Å². The number of aromatic nitrogens is 2. The van der Waals surface area contributed by atoms with Crippen LogP contribution in [0.4, 0.5) is 9.52 Å². The molecule has 4 aromatic rings. The van der Waals surface area contributed by atoms with Crippen LogP contribution in [0.15, 0.2) is 78.6 Å². The number of hydrogen-bond donors (Lipinski definition) is 1. The first-order valence-electron chi connectivity index (χ1n) is 9.37. The lowest BCUT2D eigenvalue weighted by Gasteiger charge is -2.22. The zero-order valence-electron chi connectivity index (χ0n) is 15.9. The van der Waals surface area contributed by atoms with Crippen LogP contribution in [-0.4, -0.2) is 26.8 Å². The van der Waals surface area contributed by atoms with E-state index in [0.29, 0.717) is 21.3 Å². The number of carbonyl (C=O) groups is 2. The van der Waals surface area contributed by atoms with Crippen LogP contribution in [0.5, 0.6) is 0 Å². The summed E-state index contributed by atoms with van der Waals surface area (Å²) in [6.07, 6.45) is 3.11. The van der Waals surface area contributed by atoms with Crippen molar-refractivity contribution in [2.45, 2.75) is 6.04 Å². The fraction of sp³-hybridized carbons (Fsp3) is 0.0435. The highest BCUT2D eigenvalue weighted by atomic mass is 32.1. The first kappa shape index (κ1) is 19.1. The molecule has 1 aliphatic rings. The highest BCUT2D eigenvalue weighted by Crippen LogP contribution is 2.44. The molecule has 1 amide bonds. The summed E-state index contributed by atoms with van der Waals surface area (Å²) in [4.78, 5) is 35.9. The maximum Gasteiger partial charge on any atom is 0.301 e. The van der Waals surface area contributed by atoms with E-state index in [1.165, 1.54) is 29.3 Å². The highest BCUT2D eigenvalue weighted by Gasteiger charge is 2.48. The predicted molar refractivity (Wildman–Crippen MR) is 115 cm³/mol. The van der Waals surface area contributed by atoms with Gasteiger partial charge in [-0.05, 0) is 29.8 Å². The number of carbonyl (C=O) groups excluding carboxylic acids is 2. The zero-order valence-corrected chi connectivity index (χ0v) is 16.7. The van der Waals surface area contributed by atoms with Gasteiger partial charge < -0.3 is 5.11 Å². The van der Waals surface area contributed by atoms with E-state index in [1.54, 1.807) is 48.7 Å². The van der Waals surface area contributed by atoms with Gasteiger partial charge in [-0.2, -0.15) is 0 Å². The van der Waals surface area contributed by atoms with Crippen LogP contribution in [0.1, 0.15) is 17.2 Å². The van der Waals surface area contributed by atoms with Crippen molar-refractivity contribution in [3.8, 4) is 0 Å². The van der Waals surface area contributed by atoms with E-state index < -0.39 is 23.5 Å². The van der Waals surface area contributed by atoms with Gasteiger partial charge in [0.1, 0.15) is 11.6 Å².